The molecule has 144 valence electrons. The van der Waals surface area contributed by atoms with Crippen molar-refractivity contribution in [1.82, 2.24) is 10.2 Å². The van der Waals surface area contributed by atoms with Gasteiger partial charge in [-0.1, -0.05) is 42.3 Å². The minimum Gasteiger partial charge on any atom is -0.482 e. The first kappa shape index (κ1) is 19.6. The summed E-state index contributed by atoms with van der Waals surface area (Å²) in [5, 5.41) is 2.95. The summed E-state index contributed by atoms with van der Waals surface area (Å²) in [5.74, 6) is -0.413. The van der Waals surface area contributed by atoms with Crippen molar-refractivity contribution in [2.24, 2.45) is 0 Å². The highest BCUT2D eigenvalue weighted by Crippen LogP contribution is 2.24. The van der Waals surface area contributed by atoms with Gasteiger partial charge in [0.1, 0.15) is 11.6 Å². The number of carbonyl (C=O) groups is 1. The molecule has 0 atom stereocenters. The van der Waals surface area contributed by atoms with Crippen LogP contribution in [-0.2, 0) is 17.9 Å². The van der Waals surface area contributed by atoms with Crippen LogP contribution in [0.3, 0.4) is 0 Å². The fraction of sp³-hybridized carbons (Fsp3) is 0.381. The summed E-state index contributed by atoms with van der Waals surface area (Å²) < 4.78 is 18.3. The number of hydrogen-bond acceptors (Lipinski definition) is 3. The van der Waals surface area contributed by atoms with Crippen LogP contribution < -0.4 is 10.1 Å². The molecule has 2 aromatic carbocycles. The maximum Gasteiger partial charge on any atom is 0.258 e. The van der Waals surface area contributed by atoms with Crippen LogP contribution in [-0.4, -0.2) is 30.5 Å². The van der Waals surface area contributed by atoms with Crippen molar-refractivity contribution in [3.05, 3.63) is 64.4 Å². The molecule has 1 aliphatic rings. The molecular weight excluding hydrogens is 367 g/mol. The zero-order valence-electron chi connectivity index (χ0n) is 15.2. The molecule has 0 unspecified atom stereocenters. The van der Waals surface area contributed by atoms with Gasteiger partial charge >= 0.3 is 0 Å². The third-order valence-electron chi connectivity index (χ3n) is 4.62. The second-order valence-corrected chi connectivity index (χ2v) is 7.20. The zero-order chi connectivity index (χ0) is 19.1. The van der Waals surface area contributed by atoms with Gasteiger partial charge in [-0.05, 0) is 55.3 Å². The molecule has 4 nitrogen and oxygen atoms in total. The van der Waals surface area contributed by atoms with Crippen LogP contribution in [0.5, 0.6) is 5.75 Å². The summed E-state index contributed by atoms with van der Waals surface area (Å²) in [6, 6.07) is 12.1. The highest BCUT2D eigenvalue weighted by molar-refractivity contribution is 6.32. The van der Waals surface area contributed by atoms with Gasteiger partial charge in [-0.15, -0.1) is 0 Å². The van der Waals surface area contributed by atoms with Gasteiger partial charge in [0.05, 0.1) is 5.02 Å². The molecule has 1 saturated heterocycles. The average molecular weight is 391 g/mol. The number of rotatable bonds is 7. The van der Waals surface area contributed by atoms with E-state index in [-0.39, 0.29) is 23.3 Å². The summed E-state index contributed by atoms with van der Waals surface area (Å²) in [7, 11) is 0. The molecule has 0 aliphatic carbocycles. The van der Waals surface area contributed by atoms with E-state index in [1.54, 1.807) is 0 Å². The quantitative estimate of drug-likeness (QED) is 0.771. The molecule has 3 rings (SSSR count). The molecule has 1 aliphatic heterocycles. The first-order valence-electron chi connectivity index (χ1n) is 9.25. The summed E-state index contributed by atoms with van der Waals surface area (Å²) in [6.07, 6.45) is 3.91. The topological polar surface area (TPSA) is 41.6 Å². The van der Waals surface area contributed by atoms with E-state index in [0.717, 1.165) is 18.2 Å². The number of halogens is 2. The van der Waals surface area contributed by atoms with Crippen molar-refractivity contribution in [3.8, 4) is 5.75 Å². The Hall–Kier alpha value is -2.11. The lowest BCUT2D eigenvalue weighted by atomic mass is 10.1. The lowest BCUT2D eigenvalue weighted by Crippen LogP contribution is -2.29. The van der Waals surface area contributed by atoms with Crippen LogP contribution in [0.15, 0.2) is 42.5 Å². The van der Waals surface area contributed by atoms with Crippen LogP contribution in [0.25, 0.3) is 0 Å². The third kappa shape index (κ3) is 6.22. The predicted molar refractivity (Wildman–Crippen MR) is 104 cm³/mol. The monoisotopic (exact) mass is 390 g/mol. The maximum atomic E-state index is 13.0. The molecule has 2 aromatic rings. The van der Waals surface area contributed by atoms with E-state index in [2.05, 4.69) is 22.3 Å². The number of piperidine rings is 1. The van der Waals surface area contributed by atoms with E-state index in [0.29, 0.717) is 6.54 Å². The summed E-state index contributed by atoms with van der Waals surface area (Å²) in [5.41, 5.74) is 2.33. The van der Waals surface area contributed by atoms with Crippen LogP contribution in [0, 0.1) is 5.82 Å². The number of likely N-dealkylation sites (tertiary alicyclic amines) is 1. The van der Waals surface area contributed by atoms with Gasteiger partial charge in [-0.25, -0.2) is 4.39 Å². The molecular formula is C21H24ClFN2O2. The fourth-order valence-corrected chi connectivity index (χ4v) is 3.35. The summed E-state index contributed by atoms with van der Waals surface area (Å²) in [4.78, 5) is 14.4. The Bertz CT molecular complexity index is 761. The van der Waals surface area contributed by atoms with E-state index in [4.69, 9.17) is 16.3 Å². The van der Waals surface area contributed by atoms with E-state index >= 15 is 0 Å². The van der Waals surface area contributed by atoms with Gasteiger partial charge in [-0.3, -0.25) is 9.69 Å². The number of nitrogens with zero attached hydrogens (tertiary/aromatic N) is 1. The number of benzene rings is 2. The van der Waals surface area contributed by atoms with Crippen LogP contribution in [0.1, 0.15) is 30.4 Å². The lowest BCUT2D eigenvalue weighted by Gasteiger charge is -2.26. The molecule has 1 amide bonds. The molecule has 6 heteroatoms. The van der Waals surface area contributed by atoms with E-state index in [1.807, 2.05) is 12.1 Å². The van der Waals surface area contributed by atoms with Crippen molar-refractivity contribution in [2.75, 3.05) is 19.7 Å². The van der Waals surface area contributed by atoms with E-state index in [1.165, 1.54) is 50.0 Å². The summed E-state index contributed by atoms with van der Waals surface area (Å²) in [6.45, 7) is 3.60. The number of carbonyl (C=O) groups excluding carboxylic acids is 1. The minimum atomic E-state index is -0.444. The number of hydrogen-bond donors (Lipinski definition) is 1. The molecule has 1 heterocycles. The number of ether oxygens (including phenoxy) is 1. The Balaban J connectivity index is 1.41. The Morgan fingerprint density at radius 2 is 1.78 bits per heavy atom. The number of amides is 1. The average Bonchev–Trinajstić information content (AvgIpc) is 2.67. The first-order chi connectivity index (χ1) is 13.1. The highest BCUT2D eigenvalue weighted by Gasteiger charge is 2.10. The van der Waals surface area contributed by atoms with Gasteiger partial charge in [0, 0.05) is 13.1 Å². The minimum absolute atomic E-state index is 0.145. The smallest absolute Gasteiger partial charge is 0.258 e. The Morgan fingerprint density at radius 3 is 2.48 bits per heavy atom. The van der Waals surface area contributed by atoms with Crippen molar-refractivity contribution in [3.63, 3.8) is 0 Å². The normalized spacial score (nSPS) is 14.7. The largest absolute Gasteiger partial charge is 0.482 e. The SMILES string of the molecule is O=C(COc1ccc(F)cc1Cl)NCc1ccc(CN2CCCCC2)cc1. The molecule has 1 fully saturated rings. The number of nitrogens with one attached hydrogen (secondary N) is 1. The van der Waals surface area contributed by atoms with Gasteiger partial charge < -0.3 is 10.1 Å². The van der Waals surface area contributed by atoms with Gasteiger partial charge in [0.15, 0.2) is 6.61 Å². The van der Waals surface area contributed by atoms with E-state index in [9.17, 15) is 9.18 Å². The van der Waals surface area contributed by atoms with Crippen LogP contribution >= 0.6 is 11.6 Å². The first-order valence-corrected chi connectivity index (χ1v) is 9.63. The molecule has 0 radical (unpaired) electrons. The van der Waals surface area contributed by atoms with Crippen LogP contribution in [0.2, 0.25) is 5.02 Å². The summed E-state index contributed by atoms with van der Waals surface area (Å²) >= 11 is 5.87. The van der Waals surface area contributed by atoms with Gasteiger partial charge in [0.25, 0.3) is 5.91 Å². The van der Waals surface area contributed by atoms with E-state index < -0.39 is 5.82 Å². The molecule has 0 spiro atoms. The standard InChI is InChI=1S/C21H24ClFN2O2/c22-19-12-18(23)8-9-20(19)27-15-21(26)24-13-16-4-6-17(7-5-16)14-25-10-2-1-3-11-25/h4-9,12H,1-3,10-11,13-15H2,(H,24,26). The lowest BCUT2D eigenvalue weighted by molar-refractivity contribution is -0.123. The zero-order valence-corrected chi connectivity index (χ0v) is 16.0. The third-order valence-corrected chi connectivity index (χ3v) is 4.92. The Morgan fingerprint density at radius 1 is 1.07 bits per heavy atom. The molecule has 0 aromatic heterocycles. The van der Waals surface area contributed by atoms with Crippen molar-refractivity contribution < 1.29 is 13.9 Å². The van der Waals surface area contributed by atoms with Gasteiger partial charge in [0.2, 0.25) is 0 Å². The van der Waals surface area contributed by atoms with Crippen molar-refractivity contribution >= 4 is 17.5 Å². The van der Waals surface area contributed by atoms with Crippen LogP contribution in [0.4, 0.5) is 4.39 Å². The van der Waals surface area contributed by atoms with Crippen molar-refractivity contribution in [1.29, 1.82) is 0 Å². The second kappa shape index (κ2) is 9.72. The molecule has 27 heavy (non-hydrogen) atoms. The molecule has 0 bridgehead atoms. The Kier molecular flexibility index (Phi) is 7.07. The Labute approximate surface area is 164 Å². The second-order valence-electron chi connectivity index (χ2n) is 6.79. The maximum absolute atomic E-state index is 13.0. The molecule has 1 N–H and O–H groups in total. The van der Waals surface area contributed by atoms with Crippen molar-refractivity contribution in [2.45, 2.75) is 32.4 Å². The predicted octanol–water partition coefficient (Wildman–Crippen LogP) is 4.16. The fourth-order valence-electron chi connectivity index (χ4n) is 3.13. The van der Waals surface area contributed by atoms with Gasteiger partial charge in [-0.2, -0.15) is 0 Å². The highest BCUT2D eigenvalue weighted by atomic mass is 35.5. The molecule has 0 saturated carbocycles.